The Hall–Kier alpha value is -2.87. The summed E-state index contributed by atoms with van der Waals surface area (Å²) in [5, 5.41) is 8.75. The van der Waals surface area contributed by atoms with Crippen molar-refractivity contribution in [3.05, 3.63) is 65.5 Å². The first-order valence-electron chi connectivity index (χ1n) is 7.16. The van der Waals surface area contributed by atoms with E-state index in [1.54, 1.807) is 50.4 Å². The van der Waals surface area contributed by atoms with Crippen LogP contribution in [0.2, 0.25) is 0 Å². The molecule has 0 heterocycles. The van der Waals surface area contributed by atoms with Gasteiger partial charge in [0.1, 0.15) is 11.6 Å². The van der Waals surface area contributed by atoms with Gasteiger partial charge in [-0.2, -0.15) is 5.26 Å². The van der Waals surface area contributed by atoms with Crippen molar-refractivity contribution < 1.29 is 13.9 Å². The molecule has 0 fully saturated rings. The van der Waals surface area contributed by atoms with Gasteiger partial charge in [-0.25, -0.2) is 4.39 Å². The van der Waals surface area contributed by atoms with Crippen LogP contribution in [0.15, 0.2) is 48.5 Å². The Morgan fingerprint density at radius 2 is 2.00 bits per heavy atom. The summed E-state index contributed by atoms with van der Waals surface area (Å²) in [5.41, 5.74) is 1.24. The van der Waals surface area contributed by atoms with E-state index in [9.17, 15) is 9.18 Å². The number of nitriles is 1. The molecule has 0 bridgehead atoms. The monoisotopic (exact) mass is 312 g/mol. The van der Waals surface area contributed by atoms with Crippen LogP contribution in [-0.4, -0.2) is 24.0 Å². The zero-order chi connectivity index (χ0) is 16.8. The van der Waals surface area contributed by atoms with E-state index in [-0.39, 0.29) is 11.7 Å². The minimum atomic E-state index is -0.679. The van der Waals surface area contributed by atoms with Gasteiger partial charge in [0.2, 0.25) is 0 Å². The molecule has 0 aliphatic carbocycles. The van der Waals surface area contributed by atoms with E-state index in [1.807, 2.05) is 6.07 Å². The SMILES string of the molecule is C[C@H](Oc1ccc(C#N)cc1)C(=O)N(C)Cc1cccc(F)c1. The second-order valence-electron chi connectivity index (χ2n) is 5.22. The van der Waals surface area contributed by atoms with Gasteiger partial charge in [-0.05, 0) is 48.9 Å². The second kappa shape index (κ2) is 7.41. The first kappa shape index (κ1) is 16.5. The largest absolute Gasteiger partial charge is 0.481 e. The Kier molecular flexibility index (Phi) is 5.32. The molecule has 23 heavy (non-hydrogen) atoms. The number of halogens is 1. The van der Waals surface area contributed by atoms with Gasteiger partial charge in [-0.3, -0.25) is 4.79 Å². The number of benzene rings is 2. The summed E-state index contributed by atoms with van der Waals surface area (Å²) in [5.74, 6) is -0.0205. The molecule has 5 heteroatoms. The van der Waals surface area contributed by atoms with Crippen LogP contribution in [0.25, 0.3) is 0 Å². The Labute approximate surface area is 134 Å². The second-order valence-corrected chi connectivity index (χ2v) is 5.22. The normalized spacial score (nSPS) is 11.4. The zero-order valence-corrected chi connectivity index (χ0v) is 13.0. The molecule has 0 saturated heterocycles. The Balaban J connectivity index is 1.96. The molecule has 0 saturated carbocycles. The quantitative estimate of drug-likeness (QED) is 0.852. The van der Waals surface area contributed by atoms with Crippen LogP contribution < -0.4 is 4.74 Å². The van der Waals surface area contributed by atoms with E-state index in [4.69, 9.17) is 10.00 Å². The summed E-state index contributed by atoms with van der Waals surface area (Å²) >= 11 is 0. The fraction of sp³-hybridized carbons (Fsp3) is 0.222. The van der Waals surface area contributed by atoms with Gasteiger partial charge in [-0.15, -0.1) is 0 Å². The standard InChI is InChI=1S/C18H17FN2O2/c1-13(23-17-8-6-14(11-20)7-9-17)18(22)21(2)12-15-4-3-5-16(19)10-15/h3-10,13H,12H2,1-2H3/t13-/m0/s1. The number of carbonyl (C=O) groups is 1. The van der Waals surface area contributed by atoms with Gasteiger partial charge in [0.05, 0.1) is 11.6 Å². The smallest absolute Gasteiger partial charge is 0.263 e. The minimum Gasteiger partial charge on any atom is -0.481 e. The summed E-state index contributed by atoms with van der Waals surface area (Å²) in [6.45, 7) is 1.96. The van der Waals surface area contributed by atoms with Crippen molar-refractivity contribution in [1.29, 1.82) is 5.26 Å². The van der Waals surface area contributed by atoms with Crippen LogP contribution in [-0.2, 0) is 11.3 Å². The van der Waals surface area contributed by atoms with Crippen LogP contribution in [0.1, 0.15) is 18.1 Å². The maximum atomic E-state index is 13.2. The van der Waals surface area contributed by atoms with Crippen molar-refractivity contribution in [3.8, 4) is 11.8 Å². The Bertz CT molecular complexity index is 723. The lowest BCUT2D eigenvalue weighted by atomic mass is 10.2. The zero-order valence-electron chi connectivity index (χ0n) is 13.0. The highest BCUT2D eigenvalue weighted by Crippen LogP contribution is 2.15. The summed E-state index contributed by atoms with van der Waals surface area (Å²) in [6, 6.07) is 14.7. The molecule has 0 spiro atoms. The number of ether oxygens (including phenoxy) is 1. The number of amides is 1. The van der Waals surface area contributed by atoms with Gasteiger partial charge < -0.3 is 9.64 Å². The molecule has 2 aromatic rings. The van der Waals surface area contributed by atoms with Gasteiger partial charge >= 0.3 is 0 Å². The molecular formula is C18H17FN2O2. The van der Waals surface area contributed by atoms with Crippen LogP contribution >= 0.6 is 0 Å². The molecule has 0 unspecified atom stereocenters. The van der Waals surface area contributed by atoms with E-state index in [0.29, 0.717) is 23.4 Å². The van der Waals surface area contributed by atoms with Crippen molar-refractivity contribution in [2.24, 2.45) is 0 Å². The Morgan fingerprint density at radius 1 is 1.30 bits per heavy atom. The van der Waals surface area contributed by atoms with E-state index < -0.39 is 6.10 Å². The molecule has 118 valence electrons. The highest BCUT2D eigenvalue weighted by molar-refractivity contribution is 5.80. The molecule has 1 atom stereocenters. The van der Waals surface area contributed by atoms with Crippen molar-refractivity contribution in [2.45, 2.75) is 19.6 Å². The molecule has 0 radical (unpaired) electrons. The number of rotatable bonds is 5. The lowest BCUT2D eigenvalue weighted by molar-refractivity contribution is -0.137. The van der Waals surface area contributed by atoms with Gasteiger partial charge in [-0.1, -0.05) is 12.1 Å². The molecule has 4 nitrogen and oxygen atoms in total. The van der Waals surface area contributed by atoms with E-state index in [2.05, 4.69) is 0 Å². The van der Waals surface area contributed by atoms with E-state index in [0.717, 1.165) is 0 Å². The van der Waals surface area contributed by atoms with Gasteiger partial charge in [0, 0.05) is 13.6 Å². The number of likely N-dealkylation sites (N-methyl/N-ethyl adjacent to an activating group) is 1. The van der Waals surface area contributed by atoms with Gasteiger partial charge in [0.15, 0.2) is 6.10 Å². The van der Waals surface area contributed by atoms with Gasteiger partial charge in [0.25, 0.3) is 5.91 Å². The average molecular weight is 312 g/mol. The third-order valence-corrected chi connectivity index (χ3v) is 3.33. The summed E-state index contributed by atoms with van der Waals surface area (Å²) in [6.07, 6.45) is -0.679. The number of hydrogen-bond acceptors (Lipinski definition) is 3. The lowest BCUT2D eigenvalue weighted by Gasteiger charge is -2.22. The summed E-state index contributed by atoms with van der Waals surface area (Å²) < 4.78 is 18.8. The van der Waals surface area contributed by atoms with Crippen molar-refractivity contribution in [2.75, 3.05) is 7.05 Å². The lowest BCUT2D eigenvalue weighted by Crippen LogP contribution is -2.37. The van der Waals surface area contributed by atoms with Crippen LogP contribution in [0.4, 0.5) is 4.39 Å². The first-order chi connectivity index (χ1) is 11.0. The van der Waals surface area contributed by atoms with Crippen molar-refractivity contribution in [1.82, 2.24) is 4.90 Å². The maximum Gasteiger partial charge on any atom is 0.263 e. The fourth-order valence-corrected chi connectivity index (χ4v) is 2.16. The molecule has 0 aliphatic heterocycles. The predicted molar refractivity (Wildman–Crippen MR) is 84.1 cm³/mol. The number of nitrogens with zero attached hydrogens (tertiary/aromatic N) is 2. The van der Waals surface area contributed by atoms with Crippen molar-refractivity contribution >= 4 is 5.91 Å². The van der Waals surface area contributed by atoms with Crippen molar-refractivity contribution in [3.63, 3.8) is 0 Å². The van der Waals surface area contributed by atoms with Crippen LogP contribution in [0.5, 0.6) is 5.75 Å². The van der Waals surface area contributed by atoms with Crippen LogP contribution in [0, 0.1) is 17.1 Å². The molecular weight excluding hydrogens is 295 g/mol. The number of hydrogen-bond donors (Lipinski definition) is 0. The molecule has 1 amide bonds. The van der Waals surface area contributed by atoms with E-state index >= 15 is 0 Å². The topological polar surface area (TPSA) is 53.3 Å². The third kappa shape index (κ3) is 4.55. The molecule has 0 N–H and O–H groups in total. The molecule has 0 aliphatic rings. The van der Waals surface area contributed by atoms with E-state index in [1.165, 1.54) is 17.0 Å². The third-order valence-electron chi connectivity index (χ3n) is 3.33. The highest BCUT2D eigenvalue weighted by atomic mass is 19.1. The minimum absolute atomic E-state index is 0.210. The summed E-state index contributed by atoms with van der Waals surface area (Å²) in [4.78, 5) is 13.8. The first-order valence-corrected chi connectivity index (χ1v) is 7.16. The van der Waals surface area contributed by atoms with Crippen LogP contribution in [0.3, 0.4) is 0 Å². The Morgan fingerprint density at radius 3 is 2.61 bits per heavy atom. The fourth-order valence-electron chi connectivity index (χ4n) is 2.16. The molecule has 0 aromatic heterocycles. The molecule has 2 aromatic carbocycles. The highest BCUT2D eigenvalue weighted by Gasteiger charge is 2.19. The maximum absolute atomic E-state index is 13.2. The summed E-state index contributed by atoms with van der Waals surface area (Å²) in [7, 11) is 1.64. The molecule has 2 rings (SSSR count). The predicted octanol–water partition coefficient (Wildman–Crippen LogP) is 3.12. The number of carbonyl (C=O) groups excluding carboxylic acids is 1. The average Bonchev–Trinajstić information content (AvgIpc) is 2.54.